The van der Waals surface area contributed by atoms with Crippen molar-refractivity contribution in [2.24, 2.45) is 5.73 Å². The van der Waals surface area contributed by atoms with Gasteiger partial charge < -0.3 is 21.1 Å². The summed E-state index contributed by atoms with van der Waals surface area (Å²) >= 11 is 0. The standard InChI is InChI=1S/C9H13N5O2/c10-8-12-3-1-7(13-8)14-4-2-6(5-14)16-9(11)15/h1,3,6H,2,4-5H2,(H2,11,15)(H2,10,12,13). The number of ether oxygens (including phenoxy) is 1. The molecular weight excluding hydrogens is 210 g/mol. The summed E-state index contributed by atoms with van der Waals surface area (Å²) in [5, 5.41) is 0. The van der Waals surface area contributed by atoms with E-state index < -0.39 is 6.09 Å². The van der Waals surface area contributed by atoms with Crippen molar-refractivity contribution >= 4 is 17.9 Å². The highest BCUT2D eigenvalue weighted by atomic mass is 16.6. The van der Waals surface area contributed by atoms with Gasteiger partial charge in [0.1, 0.15) is 11.9 Å². The molecule has 0 aliphatic carbocycles. The van der Waals surface area contributed by atoms with Crippen LogP contribution in [-0.4, -0.2) is 35.3 Å². The smallest absolute Gasteiger partial charge is 0.404 e. The fraction of sp³-hybridized carbons (Fsp3) is 0.444. The van der Waals surface area contributed by atoms with Crippen molar-refractivity contribution in [1.82, 2.24) is 9.97 Å². The number of carbonyl (C=O) groups is 1. The first-order valence-corrected chi connectivity index (χ1v) is 4.94. The molecule has 2 rings (SSSR count). The van der Waals surface area contributed by atoms with Crippen LogP contribution in [0.1, 0.15) is 6.42 Å². The third-order valence-corrected chi connectivity index (χ3v) is 2.41. The number of nitrogens with two attached hydrogens (primary N) is 2. The number of primary amides is 1. The Hall–Kier alpha value is -2.05. The first-order chi connectivity index (χ1) is 7.65. The summed E-state index contributed by atoms with van der Waals surface area (Å²) in [5.41, 5.74) is 10.4. The van der Waals surface area contributed by atoms with E-state index in [-0.39, 0.29) is 12.1 Å². The van der Waals surface area contributed by atoms with Crippen LogP contribution in [0.4, 0.5) is 16.6 Å². The Morgan fingerprint density at radius 2 is 2.44 bits per heavy atom. The maximum absolute atomic E-state index is 10.6. The molecule has 1 aromatic rings. The Kier molecular flexibility index (Phi) is 2.76. The third kappa shape index (κ3) is 2.30. The topological polar surface area (TPSA) is 107 Å². The van der Waals surface area contributed by atoms with Crippen LogP contribution in [0, 0.1) is 0 Å². The van der Waals surface area contributed by atoms with E-state index in [1.54, 1.807) is 12.3 Å². The second kappa shape index (κ2) is 4.21. The van der Waals surface area contributed by atoms with E-state index in [1.165, 1.54) is 0 Å². The molecule has 1 fully saturated rings. The van der Waals surface area contributed by atoms with E-state index in [0.29, 0.717) is 6.54 Å². The highest BCUT2D eigenvalue weighted by Gasteiger charge is 2.25. The first kappa shape index (κ1) is 10.5. The maximum atomic E-state index is 10.6. The first-order valence-electron chi connectivity index (χ1n) is 4.94. The fourth-order valence-electron chi connectivity index (χ4n) is 1.74. The van der Waals surface area contributed by atoms with Crippen LogP contribution in [0.25, 0.3) is 0 Å². The molecule has 1 atom stereocenters. The lowest BCUT2D eigenvalue weighted by Gasteiger charge is -2.16. The van der Waals surface area contributed by atoms with Gasteiger partial charge in [0, 0.05) is 19.2 Å². The lowest BCUT2D eigenvalue weighted by molar-refractivity contribution is 0.117. The summed E-state index contributed by atoms with van der Waals surface area (Å²) in [5.74, 6) is 0.972. The van der Waals surface area contributed by atoms with Crippen molar-refractivity contribution in [3.63, 3.8) is 0 Å². The van der Waals surface area contributed by atoms with Crippen LogP contribution in [0.3, 0.4) is 0 Å². The van der Waals surface area contributed by atoms with Crippen molar-refractivity contribution in [3.05, 3.63) is 12.3 Å². The number of carbonyl (C=O) groups excluding carboxylic acids is 1. The SMILES string of the molecule is NC(=O)OC1CCN(c2ccnc(N)n2)C1. The van der Waals surface area contributed by atoms with Gasteiger partial charge in [-0.2, -0.15) is 4.98 Å². The molecule has 86 valence electrons. The third-order valence-electron chi connectivity index (χ3n) is 2.41. The van der Waals surface area contributed by atoms with E-state index >= 15 is 0 Å². The van der Waals surface area contributed by atoms with Crippen LogP contribution in [-0.2, 0) is 4.74 Å². The maximum Gasteiger partial charge on any atom is 0.404 e. The van der Waals surface area contributed by atoms with Gasteiger partial charge >= 0.3 is 6.09 Å². The molecule has 1 aliphatic heterocycles. The fourth-order valence-corrected chi connectivity index (χ4v) is 1.74. The number of amides is 1. The van der Waals surface area contributed by atoms with Gasteiger partial charge in [-0.25, -0.2) is 9.78 Å². The minimum Gasteiger partial charge on any atom is -0.444 e. The highest BCUT2D eigenvalue weighted by molar-refractivity contribution is 5.65. The Morgan fingerprint density at radius 1 is 1.62 bits per heavy atom. The molecule has 7 nitrogen and oxygen atoms in total. The summed E-state index contributed by atoms with van der Waals surface area (Å²) in [4.78, 5) is 20.5. The summed E-state index contributed by atoms with van der Waals surface area (Å²) in [6, 6.07) is 1.77. The minimum atomic E-state index is -0.742. The molecule has 0 spiro atoms. The zero-order valence-corrected chi connectivity index (χ0v) is 8.67. The highest BCUT2D eigenvalue weighted by Crippen LogP contribution is 2.19. The summed E-state index contributed by atoms with van der Waals surface area (Å²) in [6.07, 6.45) is 1.43. The Morgan fingerprint density at radius 3 is 3.12 bits per heavy atom. The molecule has 1 aromatic heterocycles. The molecule has 0 bridgehead atoms. The van der Waals surface area contributed by atoms with Crippen molar-refractivity contribution < 1.29 is 9.53 Å². The lowest BCUT2D eigenvalue weighted by atomic mass is 10.3. The van der Waals surface area contributed by atoms with Crippen LogP contribution in [0.5, 0.6) is 0 Å². The van der Waals surface area contributed by atoms with Crippen LogP contribution in [0.2, 0.25) is 0 Å². The molecule has 1 amide bonds. The van der Waals surface area contributed by atoms with Gasteiger partial charge in [0.15, 0.2) is 0 Å². The van der Waals surface area contributed by atoms with Gasteiger partial charge in [-0.3, -0.25) is 0 Å². The molecule has 7 heteroatoms. The molecule has 0 radical (unpaired) electrons. The molecule has 1 saturated heterocycles. The van der Waals surface area contributed by atoms with E-state index in [2.05, 4.69) is 9.97 Å². The van der Waals surface area contributed by atoms with Crippen molar-refractivity contribution in [1.29, 1.82) is 0 Å². The summed E-state index contributed by atoms with van der Waals surface area (Å²) < 4.78 is 4.92. The number of nitrogens with zero attached hydrogens (tertiary/aromatic N) is 3. The molecule has 16 heavy (non-hydrogen) atoms. The molecule has 4 N–H and O–H groups in total. The van der Waals surface area contributed by atoms with Gasteiger partial charge in [0.25, 0.3) is 0 Å². The second-order valence-electron chi connectivity index (χ2n) is 3.57. The van der Waals surface area contributed by atoms with E-state index in [4.69, 9.17) is 16.2 Å². The molecule has 0 aromatic carbocycles. The van der Waals surface area contributed by atoms with Gasteiger partial charge in [-0.05, 0) is 6.07 Å². The van der Waals surface area contributed by atoms with Crippen LogP contribution in [0.15, 0.2) is 12.3 Å². The Balaban J connectivity index is 2.00. The zero-order valence-electron chi connectivity index (χ0n) is 8.67. The van der Waals surface area contributed by atoms with Crippen molar-refractivity contribution in [3.8, 4) is 0 Å². The van der Waals surface area contributed by atoms with E-state index in [0.717, 1.165) is 18.8 Å². The average Bonchev–Trinajstić information content (AvgIpc) is 2.65. The minimum absolute atomic E-state index is 0.173. The second-order valence-corrected chi connectivity index (χ2v) is 3.57. The number of aromatic nitrogens is 2. The van der Waals surface area contributed by atoms with Gasteiger partial charge in [0.05, 0.1) is 6.54 Å². The molecule has 1 aliphatic rings. The molecule has 0 saturated carbocycles. The van der Waals surface area contributed by atoms with Crippen molar-refractivity contribution in [2.75, 3.05) is 23.7 Å². The number of rotatable bonds is 2. The molecule has 2 heterocycles. The van der Waals surface area contributed by atoms with E-state index in [9.17, 15) is 4.79 Å². The van der Waals surface area contributed by atoms with Crippen molar-refractivity contribution in [2.45, 2.75) is 12.5 Å². The number of nitrogen functional groups attached to an aromatic ring is 1. The summed E-state index contributed by atoms with van der Waals surface area (Å²) in [6.45, 7) is 1.34. The number of anilines is 2. The normalized spacial score (nSPS) is 19.8. The zero-order chi connectivity index (χ0) is 11.5. The monoisotopic (exact) mass is 223 g/mol. The summed E-state index contributed by atoms with van der Waals surface area (Å²) in [7, 11) is 0. The largest absolute Gasteiger partial charge is 0.444 e. The van der Waals surface area contributed by atoms with Crippen LogP contribution >= 0.6 is 0 Å². The Bertz CT molecular complexity index is 397. The molecular formula is C9H13N5O2. The lowest BCUT2D eigenvalue weighted by Crippen LogP contribution is -2.27. The average molecular weight is 223 g/mol. The predicted molar refractivity (Wildman–Crippen MR) is 57.7 cm³/mol. The quantitative estimate of drug-likeness (QED) is 0.714. The number of hydrogen-bond donors (Lipinski definition) is 2. The Labute approximate surface area is 92.4 Å². The molecule has 1 unspecified atom stereocenters. The van der Waals surface area contributed by atoms with Crippen LogP contribution < -0.4 is 16.4 Å². The van der Waals surface area contributed by atoms with Gasteiger partial charge in [0.2, 0.25) is 5.95 Å². The number of hydrogen-bond acceptors (Lipinski definition) is 6. The predicted octanol–water partition coefficient (Wildman–Crippen LogP) is -0.267. The van der Waals surface area contributed by atoms with Gasteiger partial charge in [-0.15, -0.1) is 0 Å². The van der Waals surface area contributed by atoms with E-state index in [1.807, 2.05) is 4.90 Å². The van der Waals surface area contributed by atoms with Gasteiger partial charge in [-0.1, -0.05) is 0 Å².